The van der Waals surface area contributed by atoms with Gasteiger partial charge in [0.15, 0.2) is 18.1 Å². The fourth-order valence-electron chi connectivity index (χ4n) is 3.55. The third kappa shape index (κ3) is 6.95. The van der Waals surface area contributed by atoms with E-state index in [1.54, 1.807) is 18.2 Å². The van der Waals surface area contributed by atoms with Crippen LogP contribution in [0.3, 0.4) is 0 Å². The van der Waals surface area contributed by atoms with E-state index >= 15 is 0 Å². The van der Waals surface area contributed by atoms with Gasteiger partial charge in [0.1, 0.15) is 0 Å². The number of carbonyl (C=O) groups is 4. The van der Waals surface area contributed by atoms with E-state index in [4.69, 9.17) is 14.2 Å². The lowest BCUT2D eigenvalue weighted by molar-refractivity contribution is -0.152. The van der Waals surface area contributed by atoms with Gasteiger partial charge in [-0.3, -0.25) is 19.7 Å². The molecule has 1 atom stereocenters. The maximum atomic E-state index is 12.4. The number of carbonyl (C=O) groups excluding carboxylic acids is 4. The van der Waals surface area contributed by atoms with Crippen molar-refractivity contribution < 1.29 is 33.4 Å². The molecular formula is C25H29N3O7. The van der Waals surface area contributed by atoms with Crippen molar-refractivity contribution >= 4 is 35.2 Å². The quantitative estimate of drug-likeness (QED) is 0.526. The monoisotopic (exact) mass is 483 g/mol. The zero-order chi connectivity index (χ0) is 25.4. The van der Waals surface area contributed by atoms with Gasteiger partial charge in [0.2, 0.25) is 5.91 Å². The van der Waals surface area contributed by atoms with Crippen LogP contribution in [-0.2, 0) is 19.1 Å². The maximum absolute atomic E-state index is 12.4. The molecule has 0 radical (unpaired) electrons. The van der Waals surface area contributed by atoms with Crippen LogP contribution in [0, 0.1) is 12.8 Å². The number of ether oxygens (including phenoxy) is 3. The fourth-order valence-corrected chi connectivity index (χ4v) is 3.55. The van der Waals surface area contributed by atoms with Crippen molar-refractivity contribution in [2.75, 3.05) is 36.6 Å². The van der Waals surface area contributed by atoms with Crippen LogP contribution in [0.4, 0.5) is 16.2 Å². The number of anilines is 2. The summed E-state index contributed by atoms with van der Waals surface area (Å²) in [5, 5.41) is 4.62. The first-order valence-electron chi connectivity index (χ1n) is 11.3. The van der Waals surface area contributed by atoms with E-state index in [2.05, 4.69) is 10.6 Å². The van der Waals surface area contributed by atoms with Crippen molar-refractivity contribution in [3.8, 4) is 11.5 Å². The number of urea groups is 1. The molecule has 0 bridgehead atoms. The Hall–Kier alpha value is -4.08. The van der Waals surface area contributed by atoms with E-state index in [0.717, 1.165) is 5.56 Å². The van der Waals surface area contributed by atoms with Crippen LogP contribution in [0.2, 0.25) is 0 Å². The number of amides is 4. The summed E-state index contributed by atoms with van der Waals surface area (Å²) in [5.74, 6) is -1.36. The average molecular weight is 484 g/mol. The molecule has 0 saturated carbocycles. The molecular weight excluding hydrogens is 454 g/mol. The number of imide groups is 1. The van der Waals surface area contributed by atoms with Gasteiger partial charge >= 0.3 is 12.0 Å². The highest BCUT2D eigenvalue weighted by Gasteiger charge is 2.36. The highest BCUT2D eigenvalue weighted by molar-refractivity contribution is 6.02. The summed E-state index contributed by atoms with van der Waals surface area (Å²) in [6, 6.07) is 11.4. The minimum Gasteiger partial charge on any atom is -0.490 e. The zero-order valence-corrected chi connectivity index (χ0v) is 20.0. The molecule has 35 heavy (non-hydrogen) atoms. The number of hydrogen-bond acceptors (Lipinski definition) is 7. The van der Waals surface area contributed by atoms with Crippen molar-refractivity contribution in [2.45, 2.75) is 27.2 Å². The van der Waals surface area contributed by atoms with Crippen molar-refractivity contribution in [1.29, 1.82) is 0 Å². The number of hydrogen-bond donors (Lipinski definition) is 2. The second-order valence-electron chi connectivity index (χ2n) is 7.88. The number of benzene rings is 2. The first-order valence-corrected chi connectivity index (χ1v) is 11.3. The molecule has 2 N–H and O–H groups in total. The minimum atomic E-state index is -0.800. The summed E-state index contributed by atoms with van der Waals surface area (Å²) in [4.78, 5) is 50.5. The molecule has 3 rings (SSSR count). The normalized spacial score (nSPS) is 14.9. The first kappa shape index (κ1) is 25.5. The Kier molecular flexibility index (Phi) is 8.66. The lowest BCUT2D eigenvalue weighted by atomic mass is 10.1. The van der Waals surface area contributed by atoms with Gasteiger partial charge in [-0.15, -0.1) is 0 Å². The summed E-state index contributed by atoms with van der Waals surface area (Å²) in [5.41, 5.74) is 2.15. The van der Waals surface area contributed by atoms with Gasteiger partial charge in [0.25, 0.3) is 5.91 Å². The first-order chi connectivity index (χ1) is 16.8. The molecule has 0 aliphatic carbocycles. The van der Waals surface area contributed by atoms with Gasteiger partial charge in [-0.2, -0.15) is 0 Å². The van der Waals surface area contributed by atoms with Gasteiger partial charge in [-0.1, -0.05) is 17.7 Å². The van der Waals surface area contributed by atoms with Crippen LogP contribution < -0.4 is 25.0 Å². The van der Waals surface area contributed by atoms with Gasteiger partial charge in [0, 0.05) is 30.4 Å². The standard InChI is InChI=1S/C25H29N3O7/c1-4-33-20-11-8-18(13-21(20)34-5-2)26-25(32)27-22(29)15-35-24(31)17-12-23(30)28(14-17)19-9-6-16(3)7-10-19/h6-11,13,17H,4-5,12,14-15H2,1-3H3,(H2,26,27,29,32). The summed E-state index contributed by atoms with van der Waals surface area (Å²) >= 11 is 0. The molecule has 1 aliphatic heterocycles. The number of rotatable bonds is 9. The van der Waals surface area contributed by atoms with Crippen LogP contribution in [0.15, 0.2) is 42.5 Å². The summed E-state index contributed by atoms with van der Waals surface area (Å²) < 4.78 is 16.0. The molecule has 0 aromatic heterocycles. The van der Waals surface area contributed by atoms with Gasteiger partial charge in [0.05, 0.1) is 19.1 Å². The van der Waals surface area contributed by atoms with E-state index in [1.807, 2.05) is 45.0 Å². The lowest BCUT2D eigenvalue weighted by Gasteiger charge is -2.16. The van der Waals surface area contributed by atoms with Crippen molar-refractivity contribution in [3.63, 3.8) is 0 Å². The molecule has 1 fully saturated rings. The minimum absolute atomic E-state index is 0.00524. The van der Waals surface area contributed by atoms with E-state index in [0.29, 0.717) is 36.1 Å². The predicted octanol–water partition coefficient (Wildman–Crippen LogP) is 3.04. The third-order valence-corrected chi connectivity index (χ3v) is 5.20. The van der Waals surface area contributed by atoms with Gasteiger partial charge in [-0.25, -0.2) is 4.79 Å². The molecule has 2 aromatic carbocycles. The highest BCUT2D eigenvalue weighted by atomic mass is 16.5. The Labute approximate surface area is 203 Å². The van der Waals surface area contributed by atoms with E-state index in [-0.39, 0.29) is 18.9 Å². The molecule has 1 heterocycles. The maximum Gasteiger partial charge on any atom is 0.325 e. The van der Waals surface area contributed by atoms with E-state index in [9.17, 15) is 19.2 Å². The van der Waals surface area contributed by atoms with Crippen LogP contribution in [0.5, 0.6) is 11.5 Å². The SMILES string of the molecule is CCOc1ccc(NC(=O)NC(=O)COC(=O)C2CC(=O)N(c3ccc(C)cc3)C2)cc1OCC. The van der Waals surface area contributed by atoms with Crippen LogP contribution in [-0.4, -0.2) is 50.2 Å². The Morgan fingerprint density at radius 1 is 1.00 bits per heavy atom. The summed E-state index contributed by atoms with van der Waals surface area (Å²) in [7, 11) is 0. The summed E-state index contributed by atoms with van der Waals surface area (Å²) in [6.45, 7) is 6.01. The molecule has 4 amide bonds. The van der Waals surface area contributed by atoms with Crippen molar-refractivity contribution in [3.05, 3.63) is 48.0 Å². The zero-order valence-electron chi connectivity index (χ0n) is 20.0. The molecule has 1 saturated heterocycles. The average Bonchev–Trinajstić information content (AvgIpc) is 3.21. The van der Waals surface area contributed by atoms with Crippen LogP contribution in [0.25, 0.3) is 0 Å². The van der Waals surface area contributed by atoms with Crippen LogP contribution >= 0.6 is 0 Å². The second kappa shape index (κ2) is 11.9. The van der Waals surface area contributed by atoms with E-state index in [1.165, 1.54) is 4.90 Å². The van der Waals surface area contributed by atoms with Gasteiger partial charge < -0.3 is 24.4 Å². The number of nitrogens with zero attached hydrogens (tertiary/aromatic N) is 1. The van der Waals surface area contributed by atoms with Crippen LogP contribution in [0.1, 0.15) is 25.8 Å². The third-order valence-electron chi connectivity index (χ3n) is 5.20. The molecule has 2 aromatic rings. The largest absolute Gasteiger partial charge is 0.490 e. The topological polar surface area (TPSA) is 123 Å². The second-order valence-corrected chi connectivity index (χ2v) is 7.88. The Morgan fingerprint density at radius 3 is 2.37 bits per heavy atom. The lowest BCUT2D eigenvalue weighted by Crippen LogP contribution is -2.37. The molecule has 10 nitrogen and oxygen atoms in total. The van der Waals surface area contributed by atoms with E-state index < -0.39 is 30.4 Å². The Balaban J connectivity index is 1.47. The fraction of sp³-hybridized carbons (Fsp3) is 0.360. The highest BCUT2D eigenvalue weighted by Crippen LogP contribution is 2.30. The molecule has 1 aliphatic rings. The van der Waals surface area contributed by atoms with Crippen molar-refractivity contribution in [1.82, 2.24) is 5.32 Å². The molecule has 0 spiro atoms. The molecule has 10 heteroatoms. The van der Waals surface area contributed by atoms with Crippen molar-refractivity contribution in [2.24, 2.45) is 5.92 Å². The Bertz CT molecular complexity index is 1080. The predicted molar refractivity (Wildman–Crippen MR) is 129 cm³/mol. The number of nitrogens with one attached hydrogen (secondary N) is 2. The smallest absolute Gasteiger partial charge is 0.325 e. The number of esters is 1. The Morgan fingerprint density at radius 2 is 1.69 bits per heavy atom. The summed E-state index contributed by atoms with van der Waals surface area (Å²) in [6.07, 6.45) is -0.00524. The molecule has 1 unspecified atom stereocenters. The molecule has 186 valence electrons. The van der Waals surface area contributed by atoms with Gasteiger partial charge in [-0.05, 0) is 45.0 Å². The number of aryl methyl sites for hydroxylation is 1.